The molecule has 0 radical (unpaired) electrons. The van der Waals surface area contributed by atoms with Crippen LogP contribution in [0.5, 0.6) is 0 Å². The highest BCUT2D eigenvalue weighted by molar-refractivity contribution is 5.77. The summed E-state index contributed by atoms with van der Waals surface area (Å²) < 4.78 is 70.6. The van der Waals surface area contributed by atoms with Crippen LogP contribution in [0.4, 0.5) is 0 Å². The second-order valence-corrected chi connectivity index (χ2v) is 34.6. The largest absolute Gasteiger partial charge is 0.477 e. The number of carboxylic acid groups (broad SMARTS) is 2. The molecule has 6 aliphatic rings. The number of carboxylic acids is 2. The molecule has 0 bridgehead atoms. The Balaban J connectivity index is 1.17. The molecule has 0 saturated carbocycles. The number of aliphatic hydroxyl groups excluding tert-OH is 21. The van der Waals surface area contributed by atoms with Crippen molar-refractivity contribution in [3.8, 4) is 0 Å². The maximum absolute atomic E-state index is 13.6. The number of allylic oxidation sites excluding steroid dienone is 3. The molecular formula is C86H152N2O39. The topological polar surface area (TPSA) is 668 Å². The lowest BCUT2D eigenvalue weighted by molar-refractivity contribution is -0.393. The van der Waals surface area contributed by atoms with Gasteiger partial charge in [-0.05, 0) is 44.9 Å². The van der Waals surface area contributed by atoms with Crippen molar-refractivity contribution >= 4 is 23.8 Å². The van der Waals surface area contributed by atoms with Crippen LogP contribution in [-0.2, 0) is 76.0 Å². The van der Waals surface area contributed by atoms with Gasteiger partial charge in [0.1, 0.15) is 146 Å². The first-order valence-electron chi connectivity index (χ1n) is 45.9. The average molecular weight is 1840 g/mol. The number of aliphatic carboxylic acids is 2. The molecule has 0 spiro atoms. The van der Waals surface area contributed by atoms with Crippen molar-refractivity contribution in [2.75, 3.05) is 46.2 Å². The van der Waals surface area contributed by atoms with Crippen molar-refractivity contribution in [2.24, 2.45) is 0 Å². The summed E-state index contributed by atoms with van der Waals surface area (Å²) in [4.78, 5) is 53.5. The Kier molecular flexibility index (Phi) is 51.4. The Labute approximate surface area is 742 Å². The summed E-state index contributed by atoms with van der Waals surface area (Å²) in [6.07, 6.45) is -25.3. The predicted molar refractivity (Wildman–Crippen MR) is 444 cm³/mol. The molecule has 34 atom stereocenters. The minimum Gasteiger partial charge on any atom is -0.477 e. The molecule has 25 N–H and O–H groups in total. The zero-order valence-electron chi connectivity index (χ0n) is 73.6. The van der Waals surface area contributed by atoms with Gasteiger partial charge in [-0.15, -0.1) is 0 Å². The van der Waals surface area contributed by atoms with Gasteiger partial charge >= 0.3 is 11.9 Å². The fourth-order valence-electron chi connectivity index (χ4n) is 16.7. The summed E-state index contributed by atoms with van der Waals surface area (Å²) >= 11 is 0. The Bertz CT molecular complexity index is 3100. The van der Waals surface area contributed by atoms with E-state index in [1.165, 1.54) is 122 Å². The monoisotopic (exact) mass is 1840 g/mol. The fourth-order valence-corrected chi connectivity index (χ4v) is 16.7. The number of hydrogen-bond acceptors (Lipinski definition) is 37. The van der Waals surface area contributed by atoms with E-state index >= 15 is 0 Å². The first-order chi connectivity index (χ1) is 60.7. The van der Waals surface area contributed by atoms with Crippen molar-refractivity contribution in [2.45, 2.75) is 447 Å². The van der Waals surface area contributed by atoms with Crippen molar-refractivity contribution in [3.63, 3.8) is 0 Å². The summed E-state index contributed by atoms with van der Waals surface area (Å²) in [6.45, 7) is -2.46. The Morgan fingerprint density at radius 3 is 1.27 bits per heavy atom. The summed E-state index contributed by atoms with van der Waals surface area (Å²) in [5.41, 5.74) is 0. The van der Waals surface area contributed by atoms with Crippen LogP contribution in [-0.4, -0.2) is 395 Å². The summed E-state index contributed by atoms with van der Waals surface area (Å²) in [5, 5.41) is 260. The number of nitrogens with one attached hydrogen (secondary N) is 2. The van der Waals surface area contributed by atoms with E-state index in [-0.39, 0.29) is 12.3 Å². The molecule has 6 fully saturated rings. The third-order valence-electron chi connectivity index (χ3n) is 24.4. The van der Waals surface area contributed by atoms with Gasteiger partial charge in [0.25, 0.3) is 11.6 Å². The minimum absolute atomic E-state index is 0.130. The van der Waals surface area contributed by atoms with Crippen LogP contribution < -0.4 is 10.6 Å². The predicted octanol–water partition coefficient (Wildman–Crippen LogP) is -2.04. The van der Waals surface area contributed by atoms with Crippen LogP contribution in [0.1, 0.15) is 239 Å². The SMILES string of the molecule is CCCCCCCC/C=C\CCCCCCCCCCCCCC(=O)N[C@@H](CO[C@@H]1OC(CO)[C@@H](O[C@@H]2OC(CO)[C@H](O[C@@H]3OC(CO[C@]4(C(=O)O)CC(O)[C@@H](O)C([C@H](O)[C@H](O)CO)O4)[C@H](O)[C@H](O[C@@H]4OC(CO)[C@H](O)[C@H](O[C@]5(C(=O)O)CC(O)[C@@H](O)C([C@H](O)[C@H](O)CO)O5)C4O)C3NC(C)=O)[C@H](O)C2O)[C@H](O)C1O)[C@H](O)/C=C/CCCCCCCCCCCCC. The lowest BCUT2D eigenvalue weighted by Gasteiger charge is -2.51. The van der Waals surface area contributed by atoms with Crippen LogP contribution in [0.2, 0.25) is 0 Å². The maximum Gasteiger partial charge on any atom is 0.364 e. The van der Waals surface area contributed by atoms with Gasteiger partial charge in [-0.3, -0.25) is 9.59 Å². The van der Waals surface area contributed by atoms with Crippen LogP contribution >= 0.6 is 0 Å². The van der Waals surface area contributed by atoms with E-state index < -0.39 is 284 Å². The average Bonchev–Trinajstić information content (AvgIpc) is 0.760. The molecule has 0 aliphatic carbocycles. The lowest BCUT2D eigenvalue weighted by atomic mass is 9.90. The number of hydrogen-bond donors (Lipinski definition) is 25. The van der Waals surface area contributed by atoms with Gasteiger partial charge in [-0.2, -0.15) is 0 Å². The molecule has 6 saturated heterocycles. The van der Waals surface area contributed by atoms with E-state index in [1.54, 1.807) is 6.08 Å². The smallest absolute Gasteiger partial charge is 0.364 e. The highest BCUT2D eigenvalue weighted by Gasteiger charge is 2.63. The van der Waals surface area contributed by atoms with Crippen LogP contribution in [0, 0.1) is 0 Å². The molecule has 41 nitrogen and oxygen atoms in total. The van der Waals surface area contributed by atoms with E-state index in [0.717, 1.165) is 71.1 Å². The number of aliphatic hydroxyl groups is 21. The van der Waals surface area contributed by atoms with Crippen molar-refractivity contribution in [3.05, 3.63) is 24.3 Å². The number of ether oxygens (including phenoxy) is 12. The van der Waals surface area contributed by atoms with Gasteiger partial charge in [0.05, 0.1) is 70.6 Å². The van der Waals surface area contributed by atoms with E-state index in [2.05, 4.69) is 36.6 Å². The Morgan fingerprint density at radius 2 is 0.811 bits per heavy atom. The van der Waals surface area contributed by atoms with Gasteiger partial charge in [0, 0.05) is 26.2 Å². The van der Waals surface area contributed by atoms with Gasteiger partial charge in [0.15, 0.2) is 25.2 Å². The number of unbranched alkanes of at least 4 members (excludes halogenated alkanes) is 28. The molecule has 0 aromatic rings. The number of rotatable bonds is 62. The number of carbonyl (C=O) groups excluding carboxylic acids is 2. The number of carbonyl (C=O) groups is 4. The second kappa shape index (κ2) is 58.4. The zero-order chi connectivity index (χ0) is 93.5. The molecule has 2 amide bonds. The molecule has 6 heterocycles. The van der Waals surface area contributed by atoms with Crippen molar-refractivity contribution < 1.29 is 193 Å². The quantitative estimate of drug-likeness (QED) is 0.0230. The Hall–Kier alpha value is -3.96. The fraction of sp³-hybridized carbons (Fsp3) is 0.907. The third kappa shape index (κ3) is 33.8. The second-order valence-electron chi connectivity index (χ2n) is 34.6. The third-order valence-corrected chi connectivity index (χ3v) is 24.4. The molecule has 12 unspecified atom stereocenters. The standard InChI is InChI=1S/C86H152N2O39/c1-4-6-8-10-12-14-16-18-19-20-21-22-23-24-25-27-29-31-33-35-37-39-60(100)88-50(51(95)38-36-34-32-30-28-26-17-15-13-11-9-7-5-2)47-116-80-70(109)68(107)74(57(45-92)119-80)123-81-71(110)69(108)73(58(46-93)120-81)122-79-61(87-49(3)94)75(67(106)59(121-79)48-117-85(83(112)113)40-52(96)62(101)76(125-85)64(103)54(98)42-89)124-82-72(111)78(66(105)56(44-91)118-82)127-86(84(114)115)41-53(97)63(102)77(126-86)65(104)55(99)43-90/h18-19,36,38,50-59,61-82,89-93,95-99,101-111H,4-17,20-35,37,39-48H2,1-3H3,(H,87,94)(H,88,100)(H,112,113)(H,114,115)/b19-18-,38-36+/t50-,51+,52?,53?,54+,55+,56?,57?,58?,59?,61?,62+,63+,64+,65+,66-,67-,68+,69+,70?,71?,72?,73-,74+,75+,76?,77?,78-,79-,80+,81-,82-,85+,86-/m0/s1. The van der Waals surface area contributed by atoms with E-state index in [9.17, 15) is 137 Å². The van der Waals surface area contributed by atoms with Crippen LogP contribution in [0.3, 0.4) is 0 Å². The van der Waals surface area contributed by atoms with Gasteiger partial charge in [-0.1, -0.05) is 192 Å². The molecule has 6 rings (SSSR count). The van der Waals surface area contributed by atoms with Crippen molar-refractivity contribution in [1.82, 2.24) is 10.6 Å². The van der Waals surface area contributed by atoms with E-state index in [0.29, 0.717) is 12.8 Å². The highest BCUT2D eigenvalue weighted by atomic mass is 16.8. The zero-order valence-corrected chi connectivity index (χ0v) is 73.6. The van der Waals surface area contributed by atoms with Gasteiger partial charge in [-0.25, -0.2) is 9.59 Å². The molecular weight excluding hydrogens is 1680 g/mol. The molecule has 41 heteroatoms. The Morgan fingerprint density at radius 1 is 0.425 bits per heavy atom. The maximum atomic E-state index is 13.6. The molecule has 740 valence electrons. The summed E-state index contributed by atoms with van der Waals surface area (Å²) in [6, 6.07) is -3.27. The first-order valence-corrected chi connectivity index (χ1v) is 45.9. The van der Waals surface area contributed by atoms with Crippen LogP contribution in [0.25, 0.3) is 0 Å². The highest BCUT2D eigenvalue weighted by Crippen LogP contribution is 2.42. The summed E-state index contributed by atoms with van der Waals surface area (Å²) in [7, 11) is 0. The lowest BCUT2D eigenvalue weighted by Crippen LogP contribution is -2.71. The van der Waals surface area contributed by atoms with E-state index in [4.69, 9.17) is 56.8 Å². The molecule has 0 aromatic carbocycles. The minimum atomic E-state index is -3.35. The van der Waals surface area contributed by atoms with Gasteiger partial charge in [0.2, 0.25) is 11.8 Å². The molecule has 127 heavy (non-hydrogen) atoms. The van der Waals surface area contributed by atoms with Crippen molar-refractivity contribution in [1.29, 1.82) is 0 Å². The number of amides is 2. The first kappa shape index (κ1) is 112. The normalized spacial score (nSPS) is 35.3. The van der Waals surface area contributed by atoms with Crippen LogP contribution in [0.15, 0.2) is 24.3 Å². The van der Waals surface area contributed by atoms with E-state index in [1.807, 2.05) is 6.08 Å². The van der Waals surface area contributed by atoms with Gasteiger partial charge < -0.3 is 185 Å². The molecule has 6 aliphatic heterocycles. The molecule has 0 aromatic heterocycles. The summed E-state index contributed by atoms with van der Waals surface area (Å²) in [5.74, 6) is -12.3.